The van der Waals surface area contributed by atoms with Crippen LogP contribution in [0.1, 0.15) is 31.4 Å². The summed E-state index contributed by atoms with van der Waals surface area (Å²) in [7, 11) is 1.81. The van der Waals surface area contributed by atoms with Gasteiger partial charge in [-0.05, 0) is 24.3 Å². The molecule has 0 saturated heterocycles. The van der Waals surface area contributed by atoms with E-state index in [9.17, 15) is 4.79 Å². The van der Waals surface area contributed by atoms with E-state index in [0.717, 1.165) is 46.1 Å². The van der Waals surface area contributed by atoms with E-state index in [0.29, 0.717) is 6.54 Å². The van der Waals surface area contributed by atoms with Gasteiger partial charge in [0.1, 0.15) is 0 Å². The zero-order chi connectivity index (χ0) is 18.0. The molecule has 4 nitrogen and oxygen atoms in total. The molecule has 128 valence electrons. The van der Waals surface area contributed by atoms with Gasteiger partial charge in [-0.2, -0.15) is 0 Å². The number of nitrogens with zero attached hydrogens (tertiary/aromatic N) is 3. The third kappa shape index (κ3) is 3.12. The number of rotatable bonds is 3. The van der Waals surface area contributed by atoms with Gasteiger partial charge in [0.05, 0.1) is 5.71 Å². The zero-order valence-corrected chi connectivity index (χ0v) is 15.0. The molecule has 0 radical (unpaired) electrons. The average molecular weight is 333 g/mol. The Hall–Kier alpha value is -2.75. The summed E-state index contributed by atoms with van der Waals surface area (Å²) in [6.07, 6.45) is 6.41. The summed E-state index contributed by atoms with van der Waals surface area (Å²) < 4.78 is 0. The number of aliphatic imine (C=N–C) groups is 1. The quantitative estimate of drug-likeness (QED) is 0.801. The molecule has 0 fully saturated rings. The summed E-state index contributed by atoms with van der Waals surface area (Å²) >= 11 is 0. The lowest BCUT2D eigenvalue weighted by Gasteiger charge is -2.30. The van der Waals surface area contributed by atoms with Crippen molar-refractivity contribution in [1.82, 2.24) is 9.88 Å². The Kier molecular flexibility index (Phi) is 4.79. The zero-order valence-electron chi connectivity index (χ0n) is 15.0. The molecule has 1 aliphatic heterocycles. The summed E-state index contributed by atoms with van der Waals surface area (Å²) in [5.74, 6) is 0.106. The normalized spacial score (nSPS) is 15.6. The molecule has 2 aromatic rings. The van der Waals surface area contributed by atoms with Crippen LogP contribution >= 0.6 is 0 Å². The number of fused-ring (bicyclic) bond motifs is 1. The van der Waals surface area contributed by atoms with Gasteiger partial charge in [-0.3, -0.25) is 14.8 Å². The van der Waals surface area contributed by atoms with Crippen LogP contribution in [-0.2, 0) is 4.79 Å². The van der Waals surface area contributed by atoms with Crippen molar-refractivity contribution < 1.29 is 4.79 Å². The van der Waals surface area contributed by atoms with Gasteiger partial charge in [0.25, 0.3) is 0 Å². The smallest absolute Gasteiger partial charge is 0.219 e. The molecule has 0 bridgehead atoms. The number of hydrogen-bond donors (Lipinski definition) is 0. The van der Waals surface area contributed by atoms with Gasteiger partial charge in [-0.25, -0.2) is 0 Å². The molecule has 2 heterocycles. The number of hydrogen-bond acceptors (Lipinski definition) is 3. The minimum atomic E-state index is 0.106. The first kappa shape index (κ1) is 17.1. The van der Waals surface area contributed by atoms with E-state index in [4.69, 9.17) is 0 Å². The molecule has 1 aliphatic rings. The van der Waals surface area contributed by atoms with Crippen LogP contribution in [0.4, 0.5) is 0 Å². The third-order valence-corrected chi connectivity index (χ3v) is 4.89. The fourth-order valence-electron chi connectivity index (χ4n) is 3.41. The molecule has 0 atom stereocenters. The van der Waals surface area contributed by atoms with Gasteiger partial charge in [0.2, 0.25) is 5.91 Å². The van der Waals surface area contributed by atoms with Gasteiger partial charge < -0.3 is 4.90 Å². The first-order valence-corrected chi connectivity index (χ1v) is 8.47. The lowest BCUT2D eigenvalue weighted by molar-refractivity contribution is -0.128. The van der Waals surface area contributed by atoms with Crippen molar-refractivity contribution in [3.63, 3.8) is 0 Å². The molecule has 0 spiro atoms. The van der Waals surface area contributed by atoms with Gasteiger partial charge in [-0.1, -0.05) is 36.4 Å². The van der Waals surface area contributed by atoms with Crippen LogP contribution in [0.15, 0.2) is 53.3 Å². The van der Waals surface area contributed by atoms with Crippen LogP contribution in [0.3, 0.4) is 0 Å². The van der Waals surface area contributed by atoms with Crippen molar-refractivity contribution in [2.24, 2.45) is 4.99 Å². The number of carbonyl (C=O) groups excluding carboxylic acids is 1. The Balaban J connectivity index is 2.16. The highest BCUT2D eigenvalue weighted by atomic mass is 16.2. The maximum absolute atomic E-state index is 11.8. The van der Waals surface area contributed by atoms with Gasteiger partial charge >= 0.3 is 0 Å². The summed E-state index contributed by atoms with van der Waals surface area (Å²) in [4.78, 5) is 22.7. The molecular formula is C21H23N3O. The maximum Gasteiger partial charge on any atom is 0.219 e. The van der Waals surface area contributed by atoms with Gasteiger partial charge in [0.15, 0.2) is 0 Å². The van der Waals surface area contributed by atoms with Crippen molar-refractivity contribution in [3.8, 4) is 0 Å². The second-order valence-corrected chi connectivity index (χ2v) is 6.36. The molecule has 0 aliphatic carbocycles. The van der Waals surface area contributed by atoms with E-state index < -0.39 is 0 Å². The van der Waals surface area contributed by atoms with E-state index in [2.05, 4.69) is 35.6 Å². The number of pyridine rings is 1. The lowest BCUT2D eigenvalue weighted by Crippen LogP contribution is -2.37. The number of carbonyl (C=O) groups is 1. The first-order chi connectivity index (χ1) is 12.1. The van der Waals surface area contributed by atoms with Crippen LogP contribution in [-0.4, -0.2) is 41.6 Å². The Morgan fingerprint density at radius 1 is 1.32 bits per heavy atom. The van der Waals surface area contributed by atoms with Crippen LogP contribution in [0.5, 0.6) is 0 Å². The van der Waals surface area contributed by atoms with Gasteiger partial charge in [-0.15, -0.1) is 0 Å². The third-order valence-electron chi connectivity index (χ3n) is 4.89. The minimum absolute atomic E-state index is 0.106. The van der Waals surface area contributed by atoms with E-state index in [1.807, 2.05) is 36.5 Å². The number of aromatic nitrogens is 1. The Labute approximate surface area is 148 Å². The van der Waals surface area contributed by atoms with Crippen molar-refractivity contribution in [2.45, 2.75) is 20.3 Å². The molecule has 4 heteroatoms. The predicted octanol–water partition coefficient (Wildman–Crippen LogP) is 3.87. The van der Waals surface area contributed by atoms with E-state index in [1.54, 1.807) is 6.92 Å². The fourth-order valence-corrected chi connectivity index (χ4v) is 3.41. The largest absolute Gasteiger partial charge is 0.338 e. The highest BCUT2D eigenvalue weighted by Gasteiger charge is 2.23. The fraction of sp³-hybridized carbons (Fsp3) is 0.286. The Morgan fingerprint density at radius 3 is 2.80 bits per heavy atom. The molecule has 0 saturated carbocycles. The standard InChI is InChI=1S/C21H23N3O/c1-5-16-11-23-12-19-17(16)7-6-8-18(19)21(22-4)20-13-24(15(3)25)10-9-14(20)2/h5-8,11-12H,1,9-10,13H2,2-4H3. The summed E-state index contributed by atoms with van der Waals surface area (Å²) in [6, 6.07) is 6.19. The molecule has 25 heavy (non-hydrogen) atoms. The monoisotopic (exact) mass is 333 g/mol. The summed E-state index contributed by atoms with van der Waals surface area (Å²) in [5, 5.41) is 2.17. The van der Waals surface area contributed by atoms with E-state index >= 15 is 0 Å². The highest BCUT2D eigenvalue weighted by Crippen LogP contribution is 2.28. The van der Waals surface area contributed by atoms with Crippen molar-refractivity contribution in [3.05, 3.63) is 59.4 Å². The Bertz CT molecular complexity index is 908. The summed E-state index contributed by atoms with van der Waals surface area (Å²) in [6.45, 7) is 9.03. The summed E-state index contributed by atoms with van der Waals surface area (Å²) in [5.41, 5.74) is 5.44. The van der Waals surface area contributed by atoms with Crippen molar-refractivity contribution in [2.75, 3.05) is 20.1 Å². The molecular weight excluding hydrogens is 310 g/mol. The second kappa shape index (κ2) is 7.01. The molecule has 3 rings (SSSR count). The molecule has 0 N–H and O–H groups in total. The molecule has 1 amide bonds. The second-order valence-electron chi connectivity index (χ2n) is 6.36. The molecule has 1 aromatic carbocycles. The van der Waals surface area contributed by atoms with Crippen molar-refractivity contribution in [1.29, 1.82) is 0 Å². The lowest BCUT2D eigenvalue weighted by atomic mass is 9.90. The topological polar surface area (TPSA) is 45.6 Å². The maximum atomic E-state index is 11.8. The number of amides is 1. The highest BCUT2D eigenvalue weighted by molar-refractivity contribution is 6.20. The van der Waals surface area contributed by atoms with Crippen molar-refractivity contribution >= 4 is 28.5 Å². The predicted molar refractivity (Wildman–Crippen MR) is 104 cm³/mol. The SMILES string of the molecule is C=Cc1cncc2c(C(=NC)C3=C(C)CCN(C(C)=O)C3)cccc12. The van der Waals surface area contributed by atoms with E-state index in [-0.39, 0.29) is 5.91 Å². The molecule has 1 aromatic heterocycles. The van der Waals surface area contributed by atoms with E-state index in [1.165, 1.54) is 5.57 Å². The first-order valence-electron chi connectivity index (χ1n) is 8.47. The minimum Gasteiger partial charge on any atom is -0.338 e. The van der Waals surface area contributed by atoms with Crippen LogP contribution in [0.25, 0.3) is 16.8 Å². The van der Waals surface area contributed by atoms with Crippen LogP contribution in [0.2, 0.25) is 0 Å². The Morgan fingerprint density at radius 2 is 2.12 bits per heavy atom. The van der Waals surface area contributed by atoms with Crippen LogP contribution in [0, 0.1) is 0 Å². The van der Waals surface area contributed by atoms with Crippen LogP contribution < -0.4 is 0 Å². The molecule has 0 unspecified atom stereocenters. The van der Waals surface area contributed by atoms with Gasteiger partial charge in [0, 0.05) is 56.0 Å². The average Bonchev–Trinajstić information content (AvgIpc) is 2.63. The number of benzene rings is 1.